The van der Waals surface area contributed by atoms with E-state index in [1.54, 1.807) is 13.8 Å². The summed E-state index contributed by atoms with van der Waals surface area (Å²) in [6, 6.07) is 0. The van der Waals surface area contributed by atoms with Crippen LogP contribution >= 0.6 is 0 Å². The molecule has 0 aromatic carbocycles. The first kappa shape index (κ1) is 37.0. The second-order valence-electron chi connectivity index (χ2n) is 4.44. The zero-order valence-electron chi connectivity index (χ0n) is 16.9. The van der Waals surface area contributed by atoms with Crippen LogP contribution in [0.3, 0.4) is 0 Å². The van der Waals surface area contributed by atoms with Gasteiger partial charge in [0.15, 0.2) is 0 Å². The number of carbonyl (C=O) groups excluding carboxylic acids is 4. The normalized spacial score (nSPS) is 8.22. The van der Waals surface area contributed by atoms with Gasteiger partial charge in [0.05, 0.1) is 0 Å². The Kier molecular flexibility index (Phi) is 55.0. The molecule has 2 N–H and O–H groups in total. The number of ketones is 2. The van der Waals surface area contributed by atoms with E-state index in [4.69, 9.17) is 19.7 Å². The Bertz CT molecular complexity index is 278. The predicted octanol–water partition coefficient (Wildman–Crippen LogP) is 0.959. The molecule has 0 aliphatic heterocycles. The van der Waals surface area contributed by atoms with E-state index in [2.05, 4.69) is 0 Å². The van der Waals surface area contributed by atoms with Crippen molar-refractivity contribution in [1.82, 2.24) is 0 Å². The third-order valence-electron chi connectivity index (χ3n) is 1.92. The summed E-state index contributed by atoms with van der Waals surface area (Å²) in [5.41, 5.74) is 0. The summed E-state index contributed by atoms with van der Waals surface area (Å²) in [5.74, 6) is -0.432. The monoisotopic (exact) mass is 426 g/mol. The third-order valence-corrected chi connectivity index (χ3v) is 1.92. The van der Waals surface area contributed by atoms with E-state index < -0.39 is 0 Å². The maximum Gasteiger partial charge on any atom is 2.00 e. The summed E-state index contributed by atoms with van der Waals surface area (Å²) in [7, 11) is 0. The summed E-state index contributed by atoms with van der Waals surface area (Å²) in [6.07, 6.45) is 4.44. The summed E-state index contributed by atoms with van der Waals surface area (Å²) >= 11 is 0. The van der Waals surface area contributed by atoms with Crippen LogP contribution in [0, 0.1) is 0 Å². The number of ether oxygens (including phenoxy) is 2. The van der Waals surface area contributed by atoms with Gasteiger partial charge in [-0.1, -0.05) is 26.7 Å². The first-order chi connectivity index (χ1) is 12.4. The maximum atomic E-state index is 10.4. The first-order valence-electron chi connectivity index (χ1n) is 8.55. The van der Waals surface area contributed by atoms with Crippen molar-refractivity contribution in [2.75, 3.05) is 39.6 Å². The molecule has 0 spiro atoms. The minimum absolute atomic E-state index is 0. The van der Waals surface area contributed by atoms with Crippen molar-refractivity contribution in [3.05, 3.63) is 0 Å². The van der Waals surface area contributed by atoms with E-state index in [-0.39, 0.29) is 59.3 Å². The second-order valence-corrected chi connectivity index (χ2v) is 4.44. The van der Waals surface area contributed by atoms with E-state index >= 15 is 0 Å². The largest absolute Gasteiger partial charge is 2.00 e. The van der Waals surface area contributed by atoms with Crippen LogP contribution < -0.4 is 0 Å². The molecule has 0 radical (unpaired) electrons. The van der Waals surface area contributed by atoms with Crippen molar-refractivity contribution < 1.29 is 60.6 Å². The van der Waals surface area contributed by atoms with Crippen molar-refractivity contribution in [1.29, 1.82) is 0 Å². The molecule has 0 aliphatic rings. The molecule has 0 aliphatic carbocycles. The van der Waals surface area contributed by atoms with Gasteiger partial charge in [0.1, 0.15) is 24.8 Å². The average Bonchev–Trinajstić information content (AvgIpc) is 2.66. The molecule has 0 rings (SSSR count). The van der Waals surface area contributed by atoms with Gasteiger partial charge in [0.2, 0.25) is 0 Å². The van der Waals surface area contributed by atoms with Crippen molar-refractivity contribution in [2.45, 2.75) is 53.4 Å². The van der Waals surface area contributed by atoms with E-state index in [9.17, 15) is 19.2 Å². The Balaban J connectivity index is -0.0000000843. The first-order valence-corrected chi connectivity index (χ1v) is 8.55. The summed E-state index contributed by atoms with van der Waals surface area (Å²) in [4.78, 5) is 40.0. The number of hydrogen-bond donors (Lipinski definition) is 2. The molecule has 0 bridgehead atoms. The molecule has 0 atom stereocenters. The molecular formula is C18H34O8Ti. The Morgan fingerprint density at radius 2 is 1.00 bits per heavy atom. The molecule has 0 saturated carbocycles. The third kappa shape index (κ3) is 58.7. The zero-order valence-corrected chi connectivity index (χ0v) is 18.5. The maximum absolute atomic E-state index is 10.4. The number of Topliss-reactive ketones (excluding diaryl/α,β-unsaturated/α-hetero) is 2. The van der Waals surface area contributed by atoms with Crippen molar-refractivity contribution in [2.24, 2.45) is 0 Å². The standard InChI is InChI=1S/2C6H9O3.2C3H8O.Ti/c2*1-2-9-5-6(8)3-4-7;2*1-2-3-4;/h2*2-3,5H2,1H3;2*4H,2-3H2,1H3;/q2*-1;;;+2. The van der Waals surface area contributed by atoms with Crippen LogP contribution in [0.1, 0.15) is 53.4 Å². The number of aliphatic hydroxyl groups excluding tert-OH is 2. The van der Waals surface area contributed by atoms with Gasteiger partial charge in [0.25, 0.3) is 0 Å². The SMILES string of the molecule is CCCO.CCCO.CCOCC(=O)C[C-]=O.CCOCC(=O)C[C-]=O.[Ti+2]. The van der Waals surface area contributed by atoms with Crippen molar-refractivity contribution >= 4 is 24.1 Å². The zero-order chi connectivity index (χ0) is 21.1. The van der Waals surface area contributed by atoms with Crippen LogP contribution in [-0.2, 0) is 50.4 Å². The second kappa shape index (κ2) is 40.1. The van der Waals surface area contributed by atoms with Crippen LogP contribution in [0.5, 0.6) is 0 Å². The van der Waals surface area contributed by atoms with Crippen molar-refractivity contribution in [3.8, 4) is 0 Å². The minimum atomic E-state index is -0.216. The number of rotatable bonds is 12. The molecule has 158 valence electrons. The van der Waals surface area contributed by atoms with E-state index in [0.29, 0.717) is 26.4 Å². The summed E-state index contributed by atoms with van der Waals surface area (Å²) in [5, 5.41) is 15.8. The fourth-order valence-electron chi connectivity index (χ4n) is 0.695. The molecule has 0 unspecified atom stereocenters. The Morgan fingerprint density at radius 3 is 1.15 bits per heavy atom. The Labute approximate surface area is 177 Å². The van der Waals surface area contributed by atoms with E-state index in [0.717, 1.165) is 12.8 Å². The molecule has 8 nitrogen and oxygen atoms in total. The van der Waals surface area contributed by atoms with Gasteiger partial charge in [-0.05, 0) is 26.7 Å². The van der Waals surface area contributed by atoms with Gasteiger partial charge in [0, 0.05) is 26.4 Å². The number of carbonyl (C=O) groups is 2. The van der Waals surface area contributed by atoms with Gasteiger partial charge in [-0.3, -0.25) is 22.2 Å². The Morgan fingerprint density at radius 1 is 0.741 bits per heavy atom. The van der Waals surface area contributed by atoms with Crippen molar-refractivity contribution in [3.63, 3.8) is 0 Å². The van der Waals surface area contributed by atoms with E-state index in [1.165, 1.54) is 12.6 Å². The molecule has 0 aromatic rings. The summed E-state index contributed by atoms with van der Waals surface area (Å²) in [6.45, 7) is 9.16. The van der Waals surface area contributed by atoms with Gasteiger partial charge in [-0.2, -0.15) is 0 Å². The van der Waals surface area contributed by atoms with Crippen LogP contribution in [0.25, 0.3) is 0 Å². The Hall–Kier alpha value is -0.766. The smallest absolute Gasteiger partial charge is 0.541 e. The predicted molar refractivity (Wildman–Crippen MR) is 98.4 cm³/mol. The van der Waals surface area contributed by atoms with Gasteiger partial charge < -0.3 is 29.3 Å². The quantitative estimate of drug-likeness (QED) is 0.268. The molecule has 9 heteroatoms. The molecule has 0 fully saturated rings. The van der Waals surface area contributed by atoms with Gasteiger partial charge >= 0.3 is 21.7 Å². The molecule has 0 aromatic heterocycles. The number of aliphatic hydroxyl groups is 2. The molecule has 0 heterocycles. The molecular weight excluding hydrogens is 392 g/mol. The average molecular weight is 426 g/mol. The van der Waals surface area contributed by atoms with E-state index in [1.807, 2.05) is 13.8 Å². The minimum Gasteiger partial charge on any atom is -0.541 e. The topological polar surface area (TPSA) is 127 Å². The molecule has 27 heavy (non-hydrogen) atoms. The fraction of sp³-hybridized carbons (Fsp3) is 0.778. The summed E-state index contributed by atoms with van der Waals surface area (Å²) < 4.78 is 9.44. The van der Waals surface area contributed by atoms with Gasteiger partial charge in [-0.25, -0.2) is 0 Å². The van der Waals surface area contributed by atoms with Crippen LogP contribution in [0.2, 0.25) is 0 Å². The fourth-order valence-corrected chi connectivity index (χ4v) is 0.695. The van der Waals surface area contributed by atoms with Gasteiger partial charge in [-0.15, -0.1) is 0 Å². The number of hydrogen-bond acceptors (Lipinski definition) is 8. The van der Waals surface area contributed by atoms with Crippen LogP contribution in [0.15, 0.2) is 0 Å². The molecule has 0 saturated heterocycles. The molecule has 0 amide bonds. The van der Waals surface area contributed by atoms with Crippen LogP contribution in [0.4, 0.5) is 0 Å². The van der Waals surface area contributed by atoms with Crippen LogP contribution in [-0.4, -0.2) is 74.0 Å².